The Morgan fingerprint density at radius 1 is 1.44 bits per heavy atom. The fourth-order valence-electron chi connectivity index (χ4n) is 1.53. The maximum absolute atomic E-state index is 11.1. The summed E-state index contributed by atoms with van der Waals surface area (Å²) in [7, 11) is 0. The number of imidazole rings is 1. The zero-order chi connectivity index (χ0) is 13.0. The molecule has 18 heavy (non-hydrogen) atoms. The van der Waals surface area contributed by atoms with Crippen LogP contribution in [0.15, 0.2) is 47.9 Å². The van der Waals surface area contributed by atoms with Crippen molar-refractivity contribution in [3.05, 3.63) is 48.3 Å². The number of carbonyl (C=O) groups is 1. The molecule has 0 saturated heterocycles. The van der Waals surface area contributed by atoms with Crippen molar-refractivity contribution in [3.8, 4) is 0 Å². The number of rotatable bonds is 5. The van der Waals surface area contributed by atoms with Gasteiger partial charge in [-0.15, -0.1) is 0 Å². The van der Waals surface area contributed by atoms with E-state index in [4.69, 9.17) is 5.73 Å². The zero-order valence-corrected chi connectivity index (χ0v) is 10.9. The smallest absolute Gasteiger partial charge is 0.230 e. The lowest BCUT2D eigenvalue weighted by atomic mass is 10.2. The van der Waals surface area contributed by atoms with Crippen molar-refractivity contribution in [2.24, 2.45) is 5.73 Å². The first kappa shape index (κ1) is 12.7. The molecule has 0 bridgehead atoms. The highest BCUT2D eigenvalue weighted by Gasteiger charge is 2.14. The molecule has 4 nitrogen and oxygen atoms in total. The topological polar surface area (TPSA) is 60.9 Å². The molecule has 1 aromatic carbocycles. The summed E-state index contributed by atoms with van der Waals surface area (Å²) in [6, 6.07) is 10.1. The van der Waals surface area contributed by atoms with E-state index in [9.17, 15) is 4.79 Å². The molecule has 0 unspecified atom stereocenters. The minimum atomic E-state index is -0.325. The SMILES string of the molecule is C[C@H](Sc1nccn1Cc1ccccc1)C(N)=O. The van der Waals surface area contributed by atoms with Crippen LogP contribution in [0.2, 0.25) is 0 Å². The van der Waals surface area contributed by atoms with Crippen LogP contribution in [0.1, 0.15) is 12.5 Å². The summed E-state index contributed by atoms with van der Waals surface area (Å²) in [5.41, 5.74) is 6.46. The number of aromatic nitrogens is 2. The highest BCUT2D eigenvalue weighted by molar-refractivity contribution is 8.00. The monoisotopic (exact) mass is 261 g/mol. The van der Waals surface area contributed by atoms with Gasteiger partial charge in [0, 0.05) is 18.9 Å². The summed E-state index contributed by atoms with van der Waals surface area (Å²) >= 11 is 1.38. The molecule has 1 aromatic heterocycles. The largest absolute Gasteiger partial charge is 0.369 e. The molecule has 0 fully saturated rings. The Labute approximate surface area is 110 Å². The Morgan fingerprint density at radius 2 is 2.17 bits per heavy atom. The quantitative estimate of drug-likeness (QED) is 0.836. The van der Waals surface area contributed by atoms with Crippen LogP contribution >= 0.6 is 11.8 Å². The van der Waals surface area contributed by atoms with Gasteiger partial charge in [0.05, 0.1) is 5.25 Å². The first-order valence-electron chi connectivity index (χ1n) is 5.68. The molecule has 0 spiro atoms. The van der Waals surface area contributed by atoms with Crippen molar-refractivity contribution in [1.82, 2.24) is 9.55 Å². The van der Waals surface area contributed by atoms with E-state index >= 15 is 0 Å². The third kappa shape index (κ3) is 3.13. The molecular formula is C13H15N3OS. The second kappa shape index (κ2) is 5.73. The van der Waals surface area contributed by atoms with Crippen LogP contribution in [0.25, 0.3) is 0 Å². The predicted octanol–water partition coefficient (Wildman–Crippen LogP) is 1.90. The Hall–Kier alpha value is -1.75. The minimum Gasteiger partial charge on any atom is -0.369 e. The second-order valence-electron chi connectivity index (χ2n) is 3.99. The van der Waals surface area contributed by atoms with Gasteiger partial charge in [-0.05, 0) is 12.5 Å². The van der Waals surface area contributed by atoms with Crippen LogP contribution in [-0.4, -0.2) is 20.7 Å². The number of nitrogens with two attached hydrogens (primary N) is 1. The molecule has 1 amide bonds. The van der Waals surface area contributed by atoms with E-state index in [2.05, 4.69) is 17.1 Å². The minimum absolute atomic E-state index is 0.276. The van der Waals surface area contributed by atoms with E-state index in [0.29, 0.717) is 0 Å². The van der Waals surface area contributed by atoms with Crippen molar-refractivity contribution in [3.63, 3.8) is 0 Å². The number of carbonyl (C=O) groups excluding carboxylic acids is 1. The molecule has 0 aliphatic rings. The van der Waals surface area contributed by atoms with Crippen LogP contribution in [-0.2, 0) is 11.3 Å². The molecule has 2 aromatic rings. The van der Waals surface area contributed by atoms with E-state index in [1.807, 2.05) is 29.0 Å². The first-order valence-corrected chi connectivity index (χ1v) is 6.56. The van der Waals surface area contributed by atoms with Gasteiger partial charge in [0.2, 0.25) is 5.91 Å². The first-order chi connectivity index (χ1) is 8.66. The van der Waals surface area contributed by atoms with E-state index in [-0.39, 0.29) is 11.2 Å². The molecule has 2 rings (SSSR count). The molecular weight excluding hydrogens is 246 g/mol. The van der Waals surface area contributed by atoms with Crippen molar-refractivity contribution in [2.45, 2.75) is 23.9 Å². The number of hydrogen-bond donors (Lipinski definition) is 1. The maximum Gasteiger partial charge on any atom is 0.230 e. The summed E-state index contributed by atoms with van der Waals surface area (Å²) in [4.78, 5) is 15.3. The highest BCUT2D eigenvalue weighted by atomic mass is 32.2. The molecule has 0 radical (unpaired) electrons. The van der Waals surface area contributed by atoms with Crippen LogP contribution in [0.3, 0.4) is 0 Å². The van der Waals surface area contributed by atoms with Gasteiger partial charge >= 0.3 is 0 Å². The van der Waals surface area contributed by atoms with Gasteiger partial charge in [0.15, 0.2) is 5.16 Å². The van der Waals surface area contributed by atoms with Crippen molar-refractivity contribution >= 4 is 17.7 Å². The lowest BCUT2D eigenvalue weighted by Gasteiger charge is -2.10. The summed E-state index contributed by atoms with van der Waals surface area (Å²) in [6.07, 6.45) is 3.64. The van der Waals surface area contributed by atoms with Gasteiger partial charge in [0.25, 0.3) is 0 Å². The number of primary amides is 1. The summed E-state index contributed by atoms with van der Waals surface area (Å²) in [6.45, 7) is 2.53. The average Bonchev–Trinajstić information content (AvgIpc) is 2.78. The Balaban J connectivity index is 2.11. The van der Waals surface area contributed by atoms with Crippen molar-refractivity contribution in [2.75, 3.05) is 0 Å². The Morgan fingerprint density at radius 3 is 2.83 bits per heavy atom. The van der Waals surface area contributed by atoms with Crippen LogP contribution in [0, 0.1) is 0 Å². The molecule has 1 atom stereocenters. The Kier molecular flexibility index (Phi) is 4.04. The molecule has 2 N–H and O–H groups in total. The van der Waals surface area contributed by atoms with E-state index in [0.717, 1.165) is 11.7 Å². The van der Waals surface area contributed by atoms with E-state index in [1.54, 1.807) is 13.1 Å². The number of hydrogen-bond acceptors (Lipinski definition) is 3. The zero-order valence-electron chi connectivity index (χ0n) is 10.1. The molecule has 94 valence electrons. The highest BCUT2D eigenvalue weighted by Crippen LogP contribution is 2.21. The van der Waals surface area contributed by atoms with Gasteiger partial charge in [-0.1, -0.05) is 42.1 Å². The summed E-state index contributed by atoms with van der Waals surface area (Å²) in [5, 5.41) is 0.534. The van der Waals surface area contributed by atoms with Crippen molar-refractivity contribution < 1.29 is 4.79 Å². The lowest BCUT2D eigenvalue weighted by Crippen LogP contribution is -2.23. The van der Waals surface area contributed by atoms with E-state index < -0.39 is 0 Å². The summed E-state index contributed by atoms with van der Waals surface area (Å²) in [5.74, 6) is -0.325. The number of nitrogens with zero attached hydrogens (tertiary/aromatic N) is 2. The number of thioether (sulfide) groups is 1. The molecule has 5 heteroatoms. The normalized spacial score (nSPS) is 12.3. The van der Waals surface area contributed by atoms with Gasteiger partial charge in [-0.2, -0.15) is 0 Å². The number of benzene rings is 1. The van der Waals surface area contributed by atoms with Crippen LogP contribution in [0.5, 0.6) is 0 Å². The fourth-order valence-corrected chi connectivity index (χ4v) is 2.35. The predicted molar refractivity (Wildman–Crippen MR) is 72.3 cm³/mol. The Bertz CT molecular complexity index is 524. The number of amides is 1. The lowest BCUT2D eigenvalue weighted by molar-refractivity contribution is -0.117. The molecule has 0 aliphatic carbocycles. The van der Waals surface area contributed by atoms with Gasteiger partial charge in [-0.25, -0.2) is 4.98 Å². The van der Waals surface area contributed by atoms with Crippen LogP contribution < -0.4 is 5.73 Å². The fraction of sp³-hybridized carbons (Fsp3) is 0.231. The third-order valence-corrected chi connectivity index (χ3v) is 3.69. The standard InChI is InChI=1S/C13H15N3OS/c1-10(12(14)17)18-13-15-7-8-16(13)9-11-5-3-2-4-6-11/h2-8,10H,9H2,1H3,(H2,14,17)/t10-/m0/s1. The van der Waals surface area contributed by atoms with Gasteiger partial charge < -0.3 is 10.3 Å². The molecule has 0 saturated carbocycles. The average molecular weight is 261 g/mol. The third-order valence-electron chi connectivity index (χ3n) is 2.56. The summed E-state index contributed by atoms with van der Waals surface area (Å²) < 4.78 is 2.01. The maximum atomic E-state index is 11.1. The van der Waals surface area contributed by atoms with Gasteiger partial charge in [0.1, 0.15) is 0 Å². The second-order valence-corrected chi connectivity index (χ2v) is 5.29. The van der Waals surface area contributed by atoms with E-state index in [1.165, 1.54) is 17.3 Å². The van der Waals surface area contributed by atoms with Gasteiger partial charge in [-0.3, -0.25) is 4.79 Å². The molecule has 0 aliphatic heterocycles. The molecule has 1 heterocycles. The van der Waals surface area contributed by atoms with Crippen molar-refractivity contribution in [1.29, 1.82) is 0 Å². The van der Waals surface area contributed by atoms with Crippen LogP contribution in [0.4, 0.5) is 0 Å².